The number of anilines is 1. The van der Waals surface area contributed by atoms with Gasteiger partial charge in [-0.1, -0.05) is 0 Å². The molecule has 0 radical (unpaired) electrons. The Hall–Kier alpha value is -1.83. The molecule has 1 aliphatic heterocycles. The maximum atomic E-state index is 12.2. The summed E-state index contributed by atoms with van der Waals surface area (Å²) in [6.07, 6.45) is 1.39. The Bertz CT molecular complexity index is 686. The summed E-state index contributed by atoms with van der Waals surface area (Å²) in [4.78, 5) is 16.3. The first-order valence-corrected chi connectivity index (χ1v) is 8.71. The van der Waals surface area contributed by atoms with Crippen molar-refractivity contribution in [2.75, 3.05) is 23.2 Å². The van der Waals surface area contributed by atoms with Crippen LogP contribution in [0.1, 0.15) is 39.5 Å². The second kappa shape index (κ2) is 5.75. The quantitative estimate of drug-likeness (QED) is 0.905. The minimum Gasteiger partial charge on any atom is -0.474 e. The first-order chi connectivity index (χ1) is 10.1. The van der Waals surface area contributed by atoms with Crippen molar-refractivity contribution in [1.82, 2.24) is 10.3 Å². The van der Waals surface area contributed by atoms with Gasteiger partial charge in [0.05, 0.1) is 17.9 Å². The highest BCUT2D eigenvalue weighted by molar-refractivity contribution is 7.92. The summed E-state index contributed by atoms with van der Waals surface area (Å²) >= 11 is 0. The highest BCUT2D eigenvalue weighted by Gasteiger charge is 2.29. The Labute approximate surface area is 132 Å². The lowest BCUT2D eigenvalue weighted by atomic mass is 10.1. The molecule has 7 nitrogen and oxygen atoms in total. The summed E-state index contributed by atoms with van der Waals surface area (Å²) in [5.74, 6) is -0.0944. The number of pyridine rings is 1. The zero-order valence-electron chi connectivity index (χ0n) is 13.2. The van der Waals surface area contributed by atoms with Gasteiger partial charge in [-0.15, -0.1) is 0 Å². The molecule has 1 aromatic heterocycles. The second-order valence-electron chi connectivity index (χ2n) is 6.07. The molecule has 0 spiro atoms. The molecule has 0 fully saturated rings. The van der Waals surface area contributed by atoms with Crippen LogP contribution in [-0.2, 0) is 10.0 Å². The summed E-state index contributed by atoms with van der Waals surface area (Å²) < 4.78 is 31.0. The average Bonchev–Trinajstić information content (AvgIpc) is 2.44. The third kappa shape index (κ3) is 3.49. The van der Waals surface area contributed by atoms with E-state index in [2.05, 4.69) is 10.3 Å². The van der Waals surface area contributed by atoms with Crippen molar-refractivity contribution in [2.45, 2.75) is 33.2 Å². The first kappa shape index (κ1) is 16.5. The van der Waals surface area contributed by atoms with E-state index in [1.165, 1.54) is 16.6 Å². The number of amides is 1. The normalized spacial score (nSPS) is 15.0. The predicted molar refractivity (Wildman–Crippen MR) is 85.9 cm³/mol. The van der Waals surface area contributed by atoms with Gasteiger partial charge in [-0.25, -0.2) is 13.4 Å². The zero-order valence-corrected chi connectivity index (χ0v) is 14.0. The van der Waals surface area contributed by atoms with Gasteiger partial charge in [0.15, 0.2) is 0 Å². The minimum absolute atomic E-state index is 0. The summed E-state index contributed by atoms with van der Waals surface area (Å²) in [5, 5.41) is 2.82. The third-order valence-corrected chi connectivity index (χ3v) is 4.87. The van der Waals surface area contributed by atoms with Crippen molar-refractivity contribution < 1.29 is 19.4 Å². The van der Waals surface area contributed by atoms with E-state index in [1.807, 2.05) is 20.8 Å². The SMILES string of the molecule is CCS(=O)(=O)N1CCOc2ncc(C(=O)NC(C)(C)C)cc21.[HH]. The number of nitrogens with one attached hydrogen (secondary N) is 1. The van der Waals surface area contributed by atoms with E-state index in [0.717, 1.165) is 0 Å². The van der Waals surface area contributed by atoms with Crippen LogP contribution >= 0.6 is 0 Å². The van der Waals surface area contributed by atoms with Crippen LogP contribution in [0, 0.1) is 0 Å². The van der Waals surface area contributed by atoms with Gasteiger partial charge in [-0.2, -0.15) is 0 Å². The molecule has 2 heterocycles. The molecule has 1 aliphatic rings. The summed E-state index contributed by atoms with van der Waals surface area (Å²) in [7, 11) is -3.43. The number of carbonyl (C=O) groups excluding carboxylic acids is 1. The number of aromatic nitrogens is 1. The van der Waals surface area contributed by atoms with E-state index >= 15 is 0 Å². The van der Waals surface area contributed by atoms with Crippen molar-refractivity contribution in [2.24, 2.45) is 0 Å². The maximum Gasteiger partial charge on any atom is 0.253 e. The first-order valence-electron chi connectivity index (χ1n) is 7.10. The zero-order chi connectivity index (χ0) is 16.5. The van der Waals surface area contributed by atoms with Gasteiger partial charge in [0.2, 0.25) is 15.9 Å². The molecular formula is C14H23N3O4S. The Kier molecular flexibility index (Phi) is 4.32. The Morgan fingerprint density at radius 1 is 1.50 bits per heavy atom. The van der Waals surface area contributed by atoms with E-state index in [1.54, 1.807) is 6.92 Å². The van der Waals surface area contributed by atoms with Crippen LogP contribution < -0.4 is 14.4 Å². The average molecular weight is 329 g/mol. The number of sulfonamides is 1. The molecule has 0 atom stereocenters. The smallest absolute Gasteiger partial charge is 0.253 e. The minimum atomic E-state index is -3.43. The van der Waals surface area contributed by atoms with E-state index in [0.29, 0.717) is 11.3 Å². The van der Waals surface area contributed by atoms with Gasteiger partial charge in [0.25, 0.3) is 5.91 Å². The fourth-order valence-electron chi connectivity index (χ4n) is 2.06. The fraction of sp³-hybridized carbons (Fsp3) is 0.571. The standard InChI is InChI=1S/C14H21N3O4S.H2/c1-5-22(19,20)17-6-7-21-13-11(17)8-10(9-15-13)12(18)16-14(2,3)4;/h8-9H,5-7H2,1-4H3,(H,16,18);1H. The van der Waals surface area contributed by atoms with Crippen LogP contribution in [0.15, 0.2) is 12.3 Å². The number of ether oxygens (including phenoxy) is 1. The Balaban J connectivity index is 0.00000264. The highest BCUT2D eigenvalue weighted by atomic mass is 32.2. The van der Waals surface area contributed by atoms with Crippen LogP contribution in [0.5, 0.6) is 5.88 Å². The lowest BCUT2D eigenvalue weighted by Crippen LogP contribution is -2.41. The molecule has 2 rings (SSSR count). The second-order valence-corrected chi connectivity index (χ2v) is 8.26. The highest BCUT2D eigenvalue weighted by Crippen LogP contribution is 2.32. The number of hydrogen-bond acceptors (Lipinski definition) is 5. The number of fused-ring (bicyclic) bond motifs is 1. The molecule has 0 saturated carbocycles. The molecule has 0 aromatic carbocycles. The summed E-state index contributed by atoms with van der Waals surface area (Å²) in [6.45, 7) is 7.64. The molecule has 0 unspecified atom stereocenters. The fourth-order valence-corrected chi connectivity index (χ4v) is 3.15. The number of hydrogen-bond donors (Lipinski definition) is 1. The molecule has 1 N–H and O–H groups in total. The number of carbonyl (C=O) groups is 1. The van der Waals surface area contributed by atoms with Crippen molar-refractivity contribution in [3.8, 4) is 5.88 Å². The summed E-state index contributed by atoms with van der Waals surface area (Å²) in [5.41, 5.74) is 0.226. The van der Waals surface area contributed by atoms with Crippen LogP contribution in [0.2, 0.25) is 0 Å². The molecular weight excluding hydrogens is 306 g/mol. The van der Waals surface area contributed by atoms with Crippen molar-refractivity contribution >= 4 is 21.6 Å². The Morgan fingerprint density at radius 2 is 2.18 bits per heavy atom. The summed E-state index contributed by atoms with van der Waals surface area (Å²) in [6, 6.07) is 1.51. The molecule has 22 heavy (non-hydrogen) atoms. The number of nitrogens with zero attached hydrogens (tertiary/aromatic N) is 2. The maximum absolute atomic E-state index is 12.2. The van der Waals surface area contributed by atoms with Crippen LogP contribution in [-0.4, -0.2) is 43.8 Å². The van der Waals surface area contributed by atoms with Gasteiger partial charge in [-0.05, 0) is 33.8 Å². The molecule has 1 aromatic rings. The monoisotopic (exact) mass is 329 g/mol. The molecule has 0 aliphatic carbocycles. The molecule has 124 valence electrons. The molecule has 0 bridgehead atoms. The molecule has 0 saturated heterocycles. The van der Waals surface area contributed by atoms with Gasteiger partial charge in [0.1, 0.15) is 12.3 Å². The van der Waals surface area contributed by atoms with E-state index < -0.39 is 15.6 Å². The third-order valence-electron chi connectivity index (χ3n) is 3.09. The van der Waals surface area contributed by atoms with Gasteiger partial charge < -0.3 is 10.1 Å². The lowest BCUT2D eigenvalue weighted by molar-refractivity contribution is 0.0919. The van der Waals surface area contributed by atoms with Crippen LogP contribution in [0.4, 0.5) is 5.69 Å². The van der Waals surface area contributed by atoms with Crippen molar-refractivity contribution in [3.05, 3.63) is 17.8 Å². The van der Waals surface area contributed by atoms with E-state index in [-0.39, 0.29) is 32.1 Å². The molecule has 8 heteroatoms. The number of rotatable bonds is 3. The van der Waals surface area contributed by atoms with Crippen molar-refractivity contribution in [1.29, 1.82) is 0 Å². The van der Waals surface area contributed by atoms with E-state index in [9.17, 15) is 13.2 Å². The van der Waals surface area contributed by atoms with Crippen LogP contribution in [0.25, 0.3) is 0 Å². The topological polar surface area (TPSA) is 88.6 Å². The largest absolute Gasteiger partial charge is 0.474 e. The van der Waals surface area contributed by atoms with Gasteiger partial charge in [0, 0.05) is 13.2 Å². The Morgan fingerprint density at radius 3 is 2.77 bits per heavy atom. The van der Waals surface area contributed by atoms with Gasteiger partial charge >= 0.3 is 0 Å². The van der Waals surface area contributed by atoms with Crippen molar-refractivity contribution in [3.63, 3.8) is 0 Å². The van der Waals surface area contributed by atoms with E-state index in [4.69, 9.17) is 4.74 Å². The van der Waals surface area contributed by atoms with Gasteiger partial charge in [-0.3, -0.25) is 9.10 Å². The molecule has 1 amide bonds. The lowest BCUT2D eigenvalue weighted by Gasteiger charge is -2.29. The predicted octanol–water partition coefficient (Wildman–Crippen LogP) is 1.40. The van der Waals surface area contributed by atoms with Crippen LogP contribution in [0.3, 0.4) is 0 Å².